The van der Waals surface area contributed by atoms with Crippen LogP contribution in [0.15, 0.2) is 23.8 Å². The Morgan fingerprint density at radius 1 is 1.20 bits per heavy atom. The van der Waals surface area contributed by atoms with Gasteiger partial charge in [0.2, 0.25) is 0 Å². The van der Waals surface area contributed by atoms with Gasteiger partial charge in [0.1, 0.15) is 0 Å². The van der Waals surface area contributed by atoms with Crippen molar-refractivity contribution in [3.05, 3.63) is 23.8 Å². The van der Waals surface area contributed by atoms with Gasteiger partial charge in [0.15, 0.2) is 0 Å². The Labute approximate surface area is 126 Å². The lowest BCUT2D eigenvalue weighted by molar-refractivity contribution is 0.244. The third kappa shape index (κ3) is 5.11. The van der Waals surface area contributed by atoms with E-state index in [1.807, 2.05) is 0 Å². The zero-order valence-electron chi connectivity index (χ0n) is 13.7. The van der Waals surface area contributed by atoms with Crippen molar-refractivity contribution in [2.24, 2.45) is 17.8 Å². The fourth-order valence-electron chi connectivity index (χ4n) is 4.14. The maximum absolute atomic E-state index is 2.53. The summed E-state index contributed by atoms with van der Waals surface area (Å²) in [4.78, 5) is 0. The van der Waals surface area contributed by atoms with Crippen molar-refractivity contribution in [2.75, 3.05) is 0 Å². The molecule has 20 heavy (non-hydrogen) atoms. The Kier molecular flexibility index (Phi) is 6.90. The van der Waals surface area contributed by atoms with Gasteiger partial charge in [0.25, 0.3) is 0 Å². The summed E-state index contributed by atoms with van der Waals surface area (Å²) in [5, 5.41) is 0. The molecule has 0 saturated heterocycles. The van der Waals surface area contributed by atoms with Crippen LogP contribution in [0.4, 0.5) is 0 Å². The Balaban J connectivity index is 1.72. The first-order valence-electron chi connectivity index (χ1n) is 9.12. The Hall–Kier alpha value is -0.520. The molecule has 3 unspecified atom stereocenters. The van der Waals surface area contributed by atoms with Crippen LogP contribution in [-0.2, 0) is 0 Å². The Morgan fingerprint density at radius 2 is 2.10 bits per heavy atom. The molecule has 0 bridgehead atoms. The smallest absolute Gasteiger partial charge is 0.0318 e. The van der Waals surface area contributed by atoms with Gasteiger partial charge in [0, 0.05) is 0 Å². The number of allylic oxidation sites excluding steroid dienone is 4. The molecule has 0 amide bonds. The minimum absolute atomic E-state index is 0.911. The van der Waals surface area contributed by atoms with Crippen LogP contribution >= 0.6 is 0 Å². The Bertz CT molecular complexity index is 323. The molecule has 0 heteroatoms. The highest BCUT2D eigenvalue weighted by molar-refractivity contribution is 5.04. The average molecular weight is 274 g/mol. The van der Waals surface area contributed by atoms with Crippen LogP contribution in [0, 0.1) is 17.8 Å². The Morgan fingerprint density at radius 3 is 2.75 bits per heavy atom. The second-order valence-electron chi connectivity index (χ2n) is 7.20. The average Bonchev–Trinajstić information content (AvgIpc) is 2.52. The molecule has 0 aromatic rings. The molecule has 0 radical (unpaired) electrons. The first-order valence-corrected chi connectivity index (χ1v) is 9.12. The molecule has 3 atom stereocenters. The van der Waals surface area contributed by atoms with E-state index in [0.717, 1.165) is 17.8 Å². The van der Waals surface area contributed by atoms with Gasteiger partial charge in [-0.15, -0.1) is 0 Å². The molecule has 2 aliphatic carbocycles. The fraction of sp³-hybridized carbons (Fsp3) is 0.800. The van der Waals surface area contributed by atoms with E-state index in [2.05, 4.69) is 32.1 Å². The number of rotatable bonds is 7. The normalized spacial score (nSPS) is 26.1. The van der Waals surface area contributed by atoms with E-state index in [1.165, 1.54) is 70.6 Å². The monoisotopic (exact) mass is 274 g/mol. The number of hydrogen-bond acceptors (Lipinski definition) is 0. The SMILES string of the molecule is CCC(CC(C)CCC1=CCCCC1)C1CC=CCC1. The van der Waals surface area contributed by atoms with Crippen LogP contribution in [0.3, 0.4) is 0 Å². The highest BCUT2D eigenvalue weighted by atomic mass is 14.3. The summed E-state index contributed by atoms with van der Waals surface area (Å²) < 4.78 is 0. The van der Waals surface area contributed by atoms with E-state index >= 15 is 0 Å². The molecule has 0 aromatic heterocycles. The minimum Gasteiger partial charge on any atom is -0.0885 e. The van der Waals surface area contributed by atoms with Gasteiger partial charge in [-0.1, -0.05) is 44.1 Å². The molecule has 0 heterocycles. The number of hydrogen-bond donors (Lipinski definition) is 0. The van der Waals surface area contributed by atoms with E-state index in [4.69, 9.17) is 0 Å². The predicted molar refractivity (Wildman–Crippen MR) is 89.8 cm³/mol. The summed E-state index contributed by atoms with van der Waals surface area (Å²) in [5.74, 6) is 2.85. The first kappa shape index (κ1) is 15.9. The quantitative estimate of drug-likeness (QED) is 0.454. The van der Waals surface area contributed by atoms with E-state index in [9.17, 15) is 0 Å². The fourth-order valence-corrected chi connectivity index (χ4v) is 4.14. The van der Waals surface area contributed by atoms with Crippen LogP contribution in [0.1, 0.15) is 84.5 Å². The molecule has 0 N–H and O–H groups in total. The molecule has 0 fully saturated rings. The summed E-state index contributed by atoms with van der Waals surface area (Å²) in [5.41, 5.74) is 1.76. The van der Waals surface area contributed by atoms with Gasteiger partial charge in [-0.2, -0.15) is 0 Å². The van der Waals surface area contributed by atoms with Gasteiger partial charge in [-0.05, 0) is 82.0 Å². The van der Waals surface area contributed by atoms with Crippen molar-refractivity contribution in [1.29, 1.82) is 0 Å². The van der Waals surface area contributed by atoms with Crippen molar-refractivity contribution in [2.45, 2.75) is 84.5 Å². The van der Waals surface area contributed by atoms with E-state index in [1.54, 1.807) is 5.57 Å². The molecule has 0 aromatic carbocycles. The van der Waals surface area contributed by atoms with Crippen LogP contribution in [0.2, 0.25) is 0 Å². The van der Waals surface area contributed by atoms with Crippen LogP contribution in [0.5, 0.6) is 0 Å². The standard InChI is InChI=1S/C20H34/c1-3-19(20-12-8-5-9-13-20)16-17(2)14-15-18-10-6-4-7-11-18/h5,8,10,17,19-20H,3-4,6-7,9,11-16H2,1-2H3. The molecular weight excluding hydrogens is 240 g/mol. The molecule has 114 valence electrons. The lowest BCUT2D eigenvalue weighted by Crippen LogP contribution is -2.18. The topological polar surface area (TPSA) is 0 Å². The summed E-state index contributed by atoms with van der Waals surface area (Å²) >= 11 is 0. The van der Waals surface area contributed by atoms with Crippen molar-refractivity contribution >= 4 is 0 Å². The molecule has 2 rings (SSSR count). The van der Waals surface area contributed by atoms with Gasteiger partial charge >= 0.3 is 0 Å². The third-order valence-electron chi connectivity index (χ3n) is 5.55. The lowest BCUT2D eigenvalue weighted by Gasteiger charge is -2.29. The maximum Gasteiger partial charge on any atom is -0.0318 e. The zero-order valence-corrected chi connectivity index (χ0v) is 13.7. The summed E-state index contributed by atoms with van der Waals surface area (Å²) in [6.07, 6.45) is 22.7. The van der Waals surface area contributed by atoms with Gasteiger partial charge in [-0.25, -0.2) is 0 Å². The predicted octanol–water partition coefficient (Wildman–Crippen LogP) is 6.68. The lowest BCUT2D eigenvalue weighted by atomic mass is 9.76. The highest BCUT2D eigenvalue weighted by Crippen LogP contribution is 2.34. The zero-order chi connectivity index (χ0) is 14.2. The van der Waals surface area contributed by atoms with Crippen molar-refractivity contribution < 1.29 is 0 Å². The van der Waals surface area contributed by atoms with Gasteiger partial charge in [0.05, 0.1) is 0 Å². The van der Waals surface area contributed by atoms with Gasteiger partial charge in [-0.3, -0.25) is 0 Å². The van der Waals surface area contributed by atoms with Crippen LogP contribution < -0.4 is 0 Å². The van der Waals surface area contributed by atoms with Crippen molar-refractivity contribution in [3.63, 3.8) is 0 Å². The molecule has 0 saturated carbocycles. The van der Waals surface area contributed by atoms with Gasteiger partial charge < -0.3 is 0 Å². The summed E-state index contributed by atoms with van der Waals surface area (Å²) in [6.45, 7) is 4.89. The maximum atomic E-state index is 2.53. The molecule has 0 nitrogen and oxygen atoms in total. The largest absolute Gasteiger partial charge is 0.0885 e. The van der Waals surface area contributed by atoms with Crippen molar-refractivity contribution in [3.8, 4) is 0 Å². The summed E-state index contributed by atoms with van der Waals surface area (Å²) in [7, 11) is 0. The van der Waals surface area contributed by atoms with Crippen molar-refractivity contribution in [1.82, 2.24) is 0 Å². The molecule has 2 aliphatic rings. The first-order chi connectivity index (χ1) is 9.79. The van der Waals surface area contributed by atoms with Crippen LogP contribution in [0.25, 0.3) is 0 Å². The van der Waals surface area contributed by atoms with E-state index in [0.29, 0.717) is 0 Å². The second kappa shape index (κ2) is 8.70. The van der Waals surface area contributed by atoms with Crippen LogP contribution in [-0.4, -0.2) is 0 Å². The van der Waals surface area contributed by atoms with E-state index < -0.39 is 0 Å². The molecule has 0 spiro atoms. The van der Waals surface area contributed by atoms with E-state index in [-0.39, 0.29) is 0 Å². The minimum atomic E-state index is 0.911. The highest BCUT2D eigenvalue weighted by Gasteiger charge is 2.22. The summed E-state index contributed by atoms with van der Waals surface area (Å²) in [6, 6.07) is 0. The molecular formula is C20H34. The third-order valence-corrected chi connectivity index (χ3v) is 5.55. The molecule has 0 aliphatic heterocycles. The second-order valence-corrected chi connectivity index (χ2v) is 7.20.